The van der Waals surface area contributed by atoms with Crippen LogP contribution in [0.5, 0.6) is 11.8 Å². The van der Waals surface area contributed by atoms with E-state index in [1.54, 1.807) is 0 Å². The number of pyridine rings is 1. The monoisotopic (exact) mass is 187 g/mol. The highest BCUT2D eigenvalue weighted by Crippen LogP contribution is 2.17. The lowest BCUT2D eigenvalue weighted by Gasteiger charge is -2.02. The number of carboxylic acid groups (broad SMARTS) is 1. The normalized spacial score (nSPS) is 9.38. The molecule has 1 aromatic rings. The molecule has 0 unspecified atom stereocenters. The summed E-state index contributed by atoms with van der Waals surface area (Å²) in [4.78, 5) is 13.5. The number of rotatable bonds is 2. The number of halogens is 1. The molecule has 0 aliphatic carbocycles. The topological polar surface area (TPSA) is 68.7 Å². The van der Waals surface area contributed by atoms with Gasteiger partial charge in [0.1, 0.15) is 0 Å². The van der Waals surface area contributed by atoms with E-state index in [1.165, 1.54) is 13.2 Å². The Balaban J connectivity index is 2.96. The minimum Gasteiger partial charge on any atom is -0.481 e. The fraction of sp³-hybridized carbons (Fsp3) is 0.143. The molecular weight excluding hydrogens is 181 g/mol. The average molecular weight is 187 g/mol. The minimum atomic E-state index is -1.63. The lowest BCUT2D eigenvalue weighted by molar-refractivity contribution is 0.140. The van der Waals surface area contributed by atoms with E-state index in [4.69, 9.17) is 5.11 Å². The molecule has 0 atom stereocenters. The Labute approximate surface area is 72.7 Å². The van der Waals surface area contributed by atoms with Crippen LogP contribution in [0.1, 0.15) is 0 Å². The van der Waals surface area contributed by atoms with Crippen LogP contribution in [0.4, 0.5) is 9.18 Å². The summed E-state index contributed by atoms with van der Waals surface area (Å²) in [5.41, 5.74) is 0. The molecule has 1 aromatic heterocycles. The van der Waals surface area contributed by atoms with E-state index in [0.717, 1.165) is 6.07 Å². The maximum absolute atomic E-state index is 12.8. The molecule has 0 amide bonds. The first-order chi connectivity index (χ1) is 6.13. The molecule has 0 saturated heterocycles. The molecule has 1 rings (SSSR count). The Hall–Kier alpha value is -1.85. The van der Waals surface area contributed by atoms with Crippen molar-refractivity contribution < 1.29 is 23.8 Å². The summed E-state index contributed by atoms with van der Waals surface area (Å²) in [6.07, 6.45) is -1.63. The van der Waals surface area contributed by atoms with Gasteiger partial charge in [-0.25, -0.2) is 9.18 Å². The highest BCUT2D eigenvalue weighted by Gasteiger charge is 2.10. The number of nitrogens with zero attached hydrogens (tertiary/aromatic N) is 1. The van der Waals surface area contributed by atoms with Crippen LogP contribution in [-0.2, 0) is 0 Å². The highest BCUT2D eigenvalue weighted by molar-refractivity contribution is 5.60. The van der Waals surface area contributed by atoms with E-state index in [0.29, 0.717) is 0 Å². The summed E-state index contributed by atoms with van der Waals surface area (Å²) in [5, 5.41) is 8.19. The van der Waals surface area contributed by atoms with E-state index < -0.39 is 17.9 Å². The van der Waals surface area contributed by atoms with Gasteiger partial charge in [0.05, 0.1) is 7.11 Å². The summed E-state index contributed by atoms with van der Waals surface area (Å²) in [6.45, 7) is 0. The third-order valence-electron chi connectivity index (χ3n) is 1.18. The van der Waals surface area contributed by atoms with Crippen molar-refractivity contribution in [2.45, 2.75) is 0 Å². The van der Waals surface area contributed by atoms with Crippen LogP contribution in [0.3, 0.4) is 0 Å². The number of aromatic nitrogens is 1. The Morgan fingerprint density at radius 3 is 2.85 bits per heavy atom. The second kappa shape index (κ2) is 3.70. The lowest BCUT2D eigenvalue weighted by atomic mass is 10.4. The van der Waals surface area contributed by atoms with Crippen LogP contribution < -0.4 is 9.47 Å². The molecule has 0 bridgehead atoms. The summed E-state index contributed by atoms with van der Waals surface area (Å²) >= 11 is 0. The molecule has 1 N–H and O–H groups in total. The van der Waals surface area contributed by atoms with Crippen molar-refractivity contribution in [1.29, 1.82) is 0 Å². The molecule has 0 aromatic carbocycles. The van der Waals surface area contributed by atoms with Gasteiger partial charge < -0.3 is 14.6 Å². The zero-order chi connectivity index (χ0) is 9.84. The summed E-state index contributed by atoms with van der Waals surface area (Å²) < 4.78 is 21.4. The van der Waals surface area contributed by atoms with Crippen LogP contribution in [-0.4, -0.2) is 23.4 Å². The van der Waals surface area contributed by atoms with Crippen LogP contribution >= 0.6 is 0 Å². The van der Waals surface area contributed by atoms with E-state index in [1.807, 2.05) is 0 Å². The largest absolute Gasteiger partial charge is 0.512 e. The fourth-order valence-corrected chi connectivity index (χ4v) is 0.674. The first kappa shape index (κ1) is 9.24. The molecule has 0 fully saturated rings. The summed E-state index contributed by atoms with van der Waals surface area (Å²) in [7, 11) is 1.32. The lowest BCUT2D eigenvalue weighted by Crippen LogP contribution is -2.06. The molecule has 0 spiro atoms. The SMILES string of the molecule is COc1ccc(F)c(OC(=O)O)n1. The molecule has 70 valence electrons. The van der Waals surface area contributed by atoms with Gasteiger partial charge in [-0.15, -0.1) is 0 Å². The summed E-state index contributed by atoms with van der Waals surface area (Å²) in [6, 6.07) is 2.26. The van der Waals surface area contributed by atoms with Gasteiger partial charge in [0.15, 0.2) is 5.82 Å². The van der Waals surface area contributed by atoms with E-state index in [2.05, 4.69) is 14.5 Å². The van der Waals surface area contributed by atoms with Crippen LogP contribution in [0.15, 0.2) is 12.1 Å². The molecule has 0 aliphatic heterocycles. The molecule has 1 heterocycles. The third-order valence-corrected chi connectivity index (χ3v) is 1.18. The van der Waals surface area contributed by atoms with Crippen LogP contribution in [0.25, 0.3) is 0 Å². The molecule has 6 heteroatoms. The fourth-order valence-electron chi connectivity index (χ4n) is 0.674. The standard InChI is InChI=1S/C7H6FNO4/c1-12-5-3-2-4(8)6(9-5)13-7(10)11/h2-3H,1H3,(H,10,11). The zero-order valence-corrected chi connectivity index (χ0v) is 6.65. The highest BCUT2D eigenvalue weighted by atomic mass is 19.1. The first-order valence-electron chi connectivity index (χ1n) is 3.25. The number of hydrogen-bond donors (Lipinski definition) is 1. The second-order valence-electron chi connectivity index (χ2n) is 2.01. The molecule has 0 radical (unpaired) electrons. The number of carbonyl (C=O) groups is 1. The molecule has 0 saturated carbocycles. The van der Waals surface area contributed by atoms with Crippen LogP contribution in [0.2, 0.25) is 0 Å². The van der Waals surface area contributed by atoms with Crippen molar-refractivity contribution in [2.75, 3.05) is 7.11 Å². The maximum atomic E-state index is 12.8. The van der Waals surface area contributed by atoms with Crippen molar-refractivity contribution in [1.82, 2.24) is 4.98 Å². The Morgan fingerprint density at radius 1 is 1.62 bits per heavy atom. The Kier molecular flexibility index (Phi) is 2.63. The molecule has 5 nitrogen and oxygen atoms in total. The maximum Gasteiger partial charge on any atom is 0.512 e. The smallest absolute Gasteiger partial charge is 0.481 e. The summed E-state index contributed by atoms with van der Waals surface area (Å²) in [5.74, 6) is -1.40. The predicted octanol–water partition coefficient (Wildman–Crippen LogP) is 1.29. The predicted molar refractivity (Wildman–Crippen MR) is 39.4 cm³/mol. The van der Waals surface area contributed by atoms with Crippen molar-refractivity contribution in [3.8, 4) is 11.8 Å². The molecular formula is C7H6FNO4. The number of methoxy groups -OCH3 is 1. The van der Waals surface area contributed by atoms with Gasteiger partial charge >= 0.3 is 6.16 Å². The molecule has 0 aliphatic rings. The van der Waals surface area contributed by atoms with Gasteiger partial charge in [-0.05, 0) is 6.07 Å². The first-order valence-corrected chi connectivity index (χ1v) is 3.25. The van der Waals surface area contributed by atoms with Crippen LogP contribution in [0, 0.1) is 5.82 Å². The third kappa shape index (κ3) is 2.29. The molecule has 13 heavy (non-hydrogen) atoms. The van der Waals surface area contributed by atoms with Gasteiger partial charge in [0.25, 0.3) is 5.88 Å². The van der Waals surface area contributed by atoms with Crippen molar-refractivity contribution in [3.05, 3.63) is 17.9 Å². The van der Waals surface area contributed by atoms with Crippen molar-refractivity contribution in [2.24, 2.45) is 0 Å². The second-order valence-corrected chi connectivity index (χ2v) is 2.01. The van der Waals surface area contributed by atoms with E-state index in [9.17, 15) is 9.18 Å². The van der Waals surface area contributed by atoms with E-state index >= 15 is 0 Å². The van der Waals surface area contributed by atoms with Gasteiger partial charge in [0.2, 0.25) is 5.88 Å². The van der Waals surface area contributed by atoms with Crippen molar-refractivity contribution >= 4 is 6.16 Å². The minimum absolute atomic E-state index is 0.0812. The number of hydrogen-bond acceptors (Lipinski definition) is 4. The van der Waals surface area contributed by atoms with Gasteiger partial charge in [-0.2, -0.15) is 4.98 Å². The van der Waals surface area contributed by atoms with E-state index in [-0.39, 0.29) is 5.88 Å². The Morgan fingerprint density at radius 2 is 2.31 bits per heavy atom. The zero-order valence-electron chi connectivity index (χ0n) is 6.65. The quantitative estimate of drug-likeness (QED) is 0.706. The average Bonchev–Trinajstić information content (AvgIpc) is 2.08. The van der Waals surface area contributed by atoms with Gasteiger partial charge in [-0.3, -0.25) is 0 Å². The van der Waals surface area contributed by atoms with Gasteiger partial charge in [-0.1, -0.05) is 0 Å². The Bertz CT molecular complexity index is 328. The number of ether oxygens (including phenoxy) is 2. The van der Waals surface area contributed by atoms with Crippen molar-refractivity contribution in [3.63, 3.8) is 0 Å². The van der Waals surface area contributed by atoms with Gasteiger partial charge in [0, 0.05) is 6.07 Å².